The summed E-state index contributed by atoms with van der Waals surface area (Å²) < 4.78 is 6.26. The van der Waals surface area contributed by atoms with Crippen molar-refractivity contribution >= 4 is 11.8 Å². The lowest BCUT2D eigenvalue weighted by atomic mass is 10.3. The van der Waals surface area contributed by atoms with Crippen molar-refractivity contribution in [1.82, 2.24) is 9.55 Å². The topological polar surface area (TPSA) is 107 Å². The van der Waals surface area contributed by atoms with Crippen LogP contribution in [0.5, 0.6) is 0 Å². The van der Waals surface area contributed by atoms with Gasteiger partial charge in [0.15, 0.2) is 0 Å². The minimum absolute atomic E-state index is 0.0750. The summed E-state index contributed by atoms with van der Waals surface area (Å²) in [6.45, 7) is 3.24. The molecule has 7 nitrogen and oxygen atoms in total. The van der Waals surface area contributed by atoms with Crippen LogP contribution in [0.15, 0.2) is 11.0 Å². The molecule has 1 aromatic heterocycles. The molecule has 0 atom stereocenters. The SMILES string of the molecule is CCOCCCn1c(N)c(C(=O)O)cnc1=O. The Morgan fingerprint density at radius 2 is 2.35 bits per heavy atom. The number of carbonyl (C=O) groups is 1. The number of nitrogens with zero attached hydrogens (tertiary/aromatic N) is 2. The van der Waals surface area contributed by atoms with Crippen LogP contribution in [-0.2, 0) is 11.3 Å². The number of ether oxygens (including phenoxy) is 1. The Balaban J connectivity index is 2.86. The molecule has 0 unspecified atom stereocenters. The Hall–Kier alpha value is -1.89. The minimum Gasteiger partial charge on any atom is -0.478 e. The van der Waals surface area contributed by atoms with Gasteiger partial charge in [0, 0.05) is 19.8 Å². The highest BCUT2D eigenvalue weighted by atomic mass is 16.5. The van der Waals surface area contributed by atoms with Crippen molar-refractivity contribution in [3.8, 4) is 0 Å². The van der Waals surface area contributed by atoms with Crippen molar-refractivity contribution < 1.29 is 14.6 Å². The summed E-state index contributed by atoms with van der Waals surface area (Å²) in [7, 11) is 0. The molecular formula is C10H15N3O4. The van der Waals surface area contributed by atoms with Crippen molar-refractivity contribution in [2.45, 2.75) is 19.9 Å². The molecule has 0 saturated carbocycles. The predicted octanol–water partition coefficient (Wildman–Crippen LogP) is -0.0497. The summed E-state index contributed by atoms with van der Waals surface area (Å²) in [5, 5.41) is 8.83. The van der Waals surface area contributed by atoms with Crippen LogP contribution in [0.1, 0.15) is 23.7 Å². The summed E-state index contributed by atoms with van der Waals surface area (Å²) in [5.74, 6) is -1.28. The zero-order valence-electron chi connectivity index (χ0n) is 9.55. The van der Waals surface area contributed by atoms with Gasteiger partial charge in [0.2, 0.25) is 0 Å². The number of hydrogen-bond donors (Lipinski definition) is 2. The monoisotopic (exact) mass is 241 g/mol. The van der Waals surface area contributed by atoms with Gasteiger partial charge in [0.1, 0.15) is 11.4 Å². The van der Waals surface area contributed by atoms with Gasteiger partial charge in [0.05, 0.1) is 6.20 Å². The van der Waals surface area contributed by atoms with Gasteiger partial charge >= 0.3 is 11.7 Å². The second-order valence-electron chi connectivity index (χ2n) is 3.35. The van der Waals surface area contributed by atoms with Crippen LogP contribution < -0.4 is 11.4 Å². The molecule has 3 N–H and O–H groups in total. The quantitative estimate of drug-likeness (QED) is 0.676. The van der Waals surface area contributed by atoms with E-state index in [4.69, 9.17) is 15.6 Å². The van der Waals surface area contributed by atoms with E-state index < -0.39 is 11.7 Å². The first-order valence-electron chi connectivity index (χ1n) is 5.24. The standard InChI is InChI=1S/C10H15N3O4/c1-2-17-5-3-4-13-8(11)7(9(14)15)6-12-10(13)16/h6H,2-5,11H2,1H3,(H,14,15). The fourth-order valence-electron chi connectivity index (χ4n) is 1.35. The lowest BCUT2D eigenvalue weighted by Crippen LogP contribution is -2.28. The normalized spacial score (nSPS) is 10.4. The van der Waals surface area contributed by atoms with Gasteiger partial charge in [-0.1, -0.05) is 0 Å². The van der Waals surface area contributed by atoms with E-state index in [0.29, 0.717) is 26.2 Å². The molecule has 17 heavy (non-hydrogen) atoms. The summed E-state index contributed by atoms with van der Waals surface area (Å²) in [6.07, 6.45) is 1.54. The fraction of sp³-hybridized carbons (Fsp3) is 0.500. The molecule has 0 fully saturated rings. The van der Waals surface area contributed by atoms with Crippen molar-refractivity contribution in [3.63, 3.8) is 0 Å². The highest BCUT2D eigenvalue weighted by Gasteiger charge is 2.13. The maximum Gasteiger partial charge on any atom is 0.349 e. The number of aromatic nitrogens is 2. The average molecular weight is 241 g/mol. The summed E-state index contributed by atoms with van der Waals surface area (Å²) >= 11 is 0. The van der Waals surface area contributed by atoms with Crippen molar-refractivity contribution in [3.05, 3.63) is 22.2 Å². The number of nitrogens with two attached hydrogens (primary N) is 1. The third kappa shape index (κ3) is 3.28. The van der Waals surface area contributed by atoms with Crippen LogP contribution in [0, 0.1) is 0 Å². The zero-order valence-corrected chi connectivity index (χ0v) is 9.55. The van der Waals surface area contributed by atoms with E-state index in [2.05, 4.69) is 4.98 Å². The van der Waals surface area contributed by atoms with Crippen LogP contribution >= 0.6 is 0 Å². The molecule has 0 saturated heterocycles. The van der Waals surface area contributed by atoms with E-state index in [1.807, 2.05) is 6.92 Å². The van der Waals surface area contributed by atoms with Crippen LogP contribution in [0.25, 0.3) is 0 Å². The van der Waals surface area contributed by atoms with Crippen LogP contribution in [0.3, 0.4) is 0 Å². The number of carboxylic acids is 1. The Morgan fingerprint density at radius 3 is 2.94 bits per heavy atom. The fourth-order valence-corrected chi connectivity index (χ4v) is 1.35. The van der Waals surface area contributed by atoms with Gasteiger partial charge < -0.3 is 15.6 Å². The highest BCUT2D eigenvalue weighted by Crippen LogP contribution is 2.07. The lowest BCUT2D eigenvalue weighted by molar-refractivity contribution is 0.0696. The predicted molar refractivity (Wildman–Crippen MR) is 61.0 cm³/mol. The van der Waals surface area contributed by atoms with Gasteiger partial charge in [-0.3, -0.25) is 4.57 Å². The molecule has 0 amide bonds. The Bertz CT molecular complexity index is 455. The Labute approximate surface area is 97.8 Å². The van der Waals surface area contributed by atoms with Crippen LogP contribution in [0.4, 0.5) is 5.82 Å². The first-order chi connectivity index (χ1) is 8.07. The molecule has 7 heteroatoms. The number of rotatable bonds is 6. The second kappa shape index (κ2) is 6.00. The van der Waals surface area contributed by atoms with Crippen molar-refractivity contribution in [2.24, 2.45) is 0 Å². The van der Waals surface area contributed by atoms with Gasteiger partial charge in [0.25, 0.3) is 0 Å². The van der Waals surface area contributed by atoms with Gasteiger partial charge in [-0.25, -0.2) is 14.6 Å². The third-order valence-electron chi connectivity index (χ3n) is 2.21. The van der Waals surface area contributed by atoms with Crippen molar-refractivity contribution in [2.75, 3.05) is 18.9 Å². The number of nitrogen functional groups attached to an aromatic ring is 1. The van der Waals surface area contributed by atoms with E-state index in [1.54, 1.807) is 0 Å². The largest absolute Gasteiger partial charge is 0.478 e. The second-order valence-corrected chi connectivity index (χ2v) is 3.35. The smallest absolute Gasteiger partial charge is 0.349 e. The van der Waals surface area contributed by atoms with E-state index in [0.717, 1.165) is 10.8 Å². The number of aromatic carboxylic acids is 1. The Morgan fingerprint density at radius 1 is 1.65 bits per heavy atom. The molecule has 0 aromatic carbocycles. The molecule has 0 bridgehead atoms. The zero-order chi connectivity index (χ0) is 12.8. The molecule has 0 aliphatic carbocycles. The number of anilines is 1. The van der Waals surface area contributed by atoms with Crippen LogP contribution in [-0.4, -0.2) is 33.8 Å². The molecule has 0 aliphatic heterocycles. The van der Waals surface area contributed by atoms with E-state index in [-0.39, 0.29) is 11.4 Å². The minimum atomic E-state index is -1.20. The maximum atomic E-state index is 11.4. The molecule has 1 heterocycles. The first kappa shape index (κ1) is 13.2. The van der Waals surface area contributed by atoms with Gasteiger partial charge in [-0.2, -0.15) is 0 Å². The van der Waals surface area contributed by atoms with E-state index >= 15 is 0 Å². The Kier molecular flexibility index (Phi) is 4.65. The molecule has 0 spiro atoms. The average Bonchev–Trinajstić information content (AvgIpc) is 2.27. The summed E-state index contributed by atoms with van der Waals surface area (Å²) in [5.41, 5.74) is 4.88. The van der Waals surface area contributed by atoms with Gasteiger partial charge in [-0.15, -0.1) is 0 Å². The maximum absolute atomic E-state index is 11.4. The molecule has 1 rings (SSSR count). The van der Waals surface area contributed by atoms with Crippen LogP contribution in [0.2, 0.25) is 0 Å². The molecule has 0 radical (unpaired) electrons. The highest BCUT2D eigenvalue weighted by molar-refractivity contribution is 5.92. The van der Waals surface area contributed by atoms with E-state index in [9.17, 15) is 9.59 Å². The summed E-state index contributed by atoms with van der Waals surface area (Å²) in [6, 6.07) is 0. The first-order valence-corrected chi connectivity index (χ1v) is 5.24. The number of hydrogen-bond acceptors (Lipinski definition) is 5. The van der Waals surface area contributed by atoms with Crippen molar-refractivity contribution in [1.29, 1.82) is 0 Å². The lowest BCUT2D eigenvalue weighted by Gasteiger charge is -2.10. The summed E-state index contributed by atoms with van der Waals surface area (Å²) in [4.78, 5) is 25.7. The molecule has 0 aliphatic rings. The third-order valence-corrected chi connectivity index (χ3v) is 2.21. The molecule has 94 valence electrons. The molecule has 1 aromatic rings. The molecular weight excluding hydrogens is 226 g/mol. The number of carboxylic acid groups (broad SMARTS) is 1. The van der Waals surface area contributed by atoms with Gasteiger partial charge in [-0.05, 0) is 13.3 Å². The van der Waals surface area contributed by atoms with E-state index in [1.165, 1.54) is 0 Å².